The van der Waals surface area contributed by atoms with Crippen LogP contribution in [0.1, 0.15) is 19.8 Å². The molecule has 0 fully saturated rings. The maximum Gasteiger partial charge on any atom is 0.265 e. The predicted octanol–water partition coefficient (Wildman–Crippen LogP) is -5.37. The minimum absolute atomic E-state index is 0.0920. The Morgan fingerprint density at radius 3 is 0.775 bits per heavy atom. The molecule has 0 rings (SSSR count). The molecule has 706 valence electrons. The third-order valence-corrected chi connectivity index (χ3v) is 14.3. The zero-order chi connectivity index (χ0) is 87.8. The summed E-state index contributed by atoms with van der Waals surface area (Å²) in [4.78, 5) is 99.3. The monoisotopic (exact) mass is 1750 g/mol. The van der Waals surface area contributed by atoms with Crippen molar-refractivity contribution in [1.29, 1.82) is 0 Å². The van der Waals surface area contributed by atoms with Gasteiger partial charge in [-0.1, -0.05) is 12.1 Å². The Labute approximate surface area is 706 Å². The number of nitrogens with one attached hydrogen (secondary N) is 8. The molecule has 0 aliphatic heterocycles. The molecule has 0 saturated carbocycles. The van der Waals surface area contributed by atoms with Crippen molar-refractivity contribution in [3.63, 3.8) is 0 Å². The second-order valence-electron chi connectivity index (χ2n) is 24.7. The van der Waals surface area contributed by atoms with E-state index < -0.39 is 24.7 Å². The average molecular weight is 1750 g/mol. The first-order valence-electron chi connectivity index (χ1n) is 40.3. The first kappa shape index (κ1) is 116. The predicted molar refractivity (Wildman–Crippen MR) is 428 cm³/mol. The van der Waals surface area contributed by atoms with Crippen molar-refractivity contribution in [3.8, 4) is 0 Å². The topological polar surface area (TPSA) is 515 Å². The fourth-order valence-corrected chi connectivity index (χ4v) is 8.24. The SMILES string of the molecule is CNC(=O)/C=N\OCCCCNC(=O)CO.COCCOCCOCC(=O)NCCOCCOCC(COCCOCCNC(=O)COCCOCCOC)OCC(=O)NCCOCCOCC(C)COCCOCCNC(=O)COC(COCCOCCNC(=O)COCCOCCOC)COCCOCCNC(=O)COCCOCCOC. The minimum atomic E-state index is -0.598. The van der Waals surface area contributed by atoms with E-state index in [0.29, 0.717) is 165 Å². The van der Waals surface area contributed by atoms with E-state index in [4.69, 9.17) is 133 Å². The number of amides is 8. The van der Waals surface area contributed by atoms with Gasteiger partial charge in [-0.15, -0.1) is 0 Å². The molecule has 0 atom stereocenters. The molecule has 0 unspecified atom stereocenters. The molecule has 9 N–H and O–H groups in total. The van der Waals surface area contributed by atoms with Gasteiger partial charge in [0.05, 0.1) is 264 Å². The Bertz CT molecular complexity index is 2130. The third kappa shape index (κ3) is 94.4. The van der Waals surface area contributed by atoms with Crippen molar-refractivity contribution in [2.75, 3.05) is 398 Å². The fourth-order valence-electron chi connectivity index (χ4n) is 8.24. The van der Waals surface area contributed by atoms with Crippen molar-refractivity contribution in [1.82, 2.24) is 42.5 Å². The van der Waals surface area contributed by atoms with Crippen LogP contribution < -0.4 is 42.5 Å². The van der Waals surface area contributed by atoms with Crippen molar-refractivity contribution in [2.24, 2.45) is 11.1 Å². The van der Waals surface area contributed by atoms with Gasteiger partial charge in [-0.05, 0) is 12.8 Å². The summed E-state index contributed by atoms with van der Waals surface area (Å²) in [7, 11) is 7.85. The molecule has 0 aliphatic rings. The van der Waals surface area contributed by atoms with Gasteiger partial charge in [-0.25, -0.2) is 0 Å². The molecule has 0 saturated heterocycles. The summed E-state index contributed by atoms with van der Waals surface area (Å²) < 4.78 is 142. The number of hydrogen-bond acceptors (Lipinski definition) is 37. The molecule has 0 aromatic rings. The molecule has 0 spiro atoms. The second kappa shape index (κ2) is 97.0. The zero-order valence-electron chi connectivity index (χ0n) is 71.8. The molecule has 120 heavy (non-hydrogen) atoms. The van der Waals surface area contributed by atoms with E-state index in [1.54, 1.807) is 28.4 Å². The lowest BCUT2D eigenvalue weighted by atomic mass is 10.2. The standard InChI is InChI=1S/C66H128N6O32.C9H17N3O4/c1-58(46-93-36-26-83-16-10-71-65(77)56-103-59(48-95-38-28-85-12-6-67-61(73)52-99-42-32-89-22-18-79-2)49-96-39-29-86-13-7-68-62(74)53-100-43-33-90-23-19-80-3)47-94-37-27-84-17-11-72-66(78)57-104-60(50-97-40-30-87-14-8-69-63(75)54-101-44-34-91-24-20-81-4)51-98-41-31-88-15-9-70-64(76)55-102-45-35-92-25-21-82-5;1-10-8(14)6-12-16-5-3-2-4-11-9(15)7-13/h58-60H,6-57H2,1-5H3,(H,67,73)(H,68,74)(H,69,75)(H,70,76)(H,71,77)(H,72,78);6,13H,2-5,7H2,1H3,(H,10,14)(H,11,15)/b;12-6-. The summed E-state index contributed by atoms with van der Waals surface area (Å²) in [6.45, 7) is 15.6. The van der Waals surface area contributed by atoms with Crippen LogP contribution in [0.25, 0.3) is 0 Å². The fraction of sp³-hybridized carbons (Fsp3) is 0.880. The molecular weight excluding hydrogens is 1600 g/mol. The van der Waals surface area contributed by atoms with E-state index in [1.165, 1.54) is 7.05 Å². The van der Waals surface area contributed by atoms with Crippen LogP contribution in [0.4, 0.5) is 0 Å². The molecule has 0 aromatic heterocycles. The van der Waals surface area contributed by atoms with E-state index in [2.05, 4.69) is 47.7 Å². The van der Waals surface area contributed by atoms with E-state index in [0.717, 1.165) is 12.6 Å². The van der Waals surface area contributed by atoms with Crippen LogP contribution in [0.2, 0.25) is 0 Å². The largest absolute Gasteiger partial charge is 0.396 e. The number of aliphatic hydroxyl groups excluding tert-OH is 1. The lowest BCUT2D eigenvalue weighted by molar-refractivity contribution is -0.133. The average Bonchev–Trinajstić information content (AvgIpc) is 0.975. The summed E-state index contributed by atoms with van der Waals surface area (Å²) in [5.41, 5.74) is 0. The van der Waals surface area contributed by atoms with Gasteiger partial charge in [-0.3, -0.25) is 38.4 Å². The normalized spacial score (nSPS) is 11.3. The van der Waals surface area contributed by atoms with Crippen LogP contribution in [-0.4, -0.2) is 469 Å². The molecule has 8 amide bonds. The van der Waals surface area contributed by atoms with Crippen molar-refractivity contribution >= 4 is 53.5 Å². The summed E-state index contributed by atoms with van der Waals surface area (Å²) in [5.74, 6) is -2.42. The van der Waals surface area contributed by atoms with E-state index >= 15 is 0 Å². The van der Waals surface area contributed by atoms with Crippen molar-refractivity contribution < 1.29 is 171 Å². The first-order valence-corrected chi connectivity index (χ1v) is 40.3. The Balaban J connectivity index is 0. The van der Waals surface area contributed by atoms with Gasteiger partial charge >= 0.3 is 0 Å². The number of nitrogens with zero attached hydrogens (tertiary/aromatic N) is 1. The lowest BCUT2D eigenvalue weighted by Gasteiger charge is -2.18. The Morgan fingerprint density at radius 2 is 0.508 bits per heavy atom. The van der Waals surface area contributed by atoms with E-state index in [-0.39, 0.29) is 245 Å². The molecule has 0 heterocycles. The van der Waals surface area contributed by atoms with Gasteiger partial charge < -0.3 is 176 Å². The molecule has 0 aliphatic carbocycles. The summed E-state index contributed by atoms with van der Waals surface area (Å²) in [6, 6.07) is 0. The minimum Gasteiger partial charge on any atom is -0.396 e. The number of oxime groups is 1. The van der Waals surface area contributed by atoms with Gasteiger partial charge in [0.2, 0.25) is 41.4 Å². The first-order chi connectivity index (χ1) is 58.7. The number of carbonyl (C=O) groups excluding carboxylic acids is 8. The second-order valence-corrected chi connectivity index (χ2v) is 24.7. The number of hydrogen-bond donors (Lipinski definition) is 9. The molecule has 0 bridgehead atoms. The van der Waals surface area contributed by atoms with Crippen LogP contribution >= 0.6 is 0 Å². The maximum atomic E-state index is 12.7. The number of carbonyl (C=O) groups is 8. The highest BCUT2D eigenvalue weighted by Crippen LogP contribution is 2.01. The third-order valence-electron chi connectivity index (χ3n) is 14.3. The van der Waals surface area contributed by atoms with Crippen molar-refractivity contribution in [3.05, 3.63) is 0 Å². The van der Waals surface area contributed by atoms with Crippen LogP contribution in [0.5, 0.6) is 0 Å². The smallest absolute Gasteiger partial charge is 0.265 e. The van der Waals surface area contributed by atoms with Crippen LogP contribution in [0, 0.1) is 5.92 Å². The zero-order valence-corrected chi connectivity index (χ0v) is 71.8. The van der Waals surface area contributed by atoms with Gasteiger partial charge in [0.15, 0.2) is 0 Å². The van der Waals surface area contributed by atoms with Gasteiger partial charge in [0, 0.05) is 87.2 Å². The van der Waals surface area contributed by atoms with E-state index in [1.807, 2.05) is 6.92 Å². The Morgan fingerprint density at radius 1 is 0.275 bits per heavy atom. The molecular formula is C75H145N9O36. The quantitative estimate of drug-likeness (QED) is 0.0156. The maximum absolute atomic E-state index is 12.7. The summed E-state index contributed by atoms with van der Waals surface area (Å²) in [5, 5.41) is 33.1. The van der Waals surface area contributed by atoms with Crippen LogP contribution in [-0.2, 0) is 166 Å². The molecule has 45 nitrogen and oxygen atoms in total. The Kier molecular flexibility index (Phi) is 93.9. The van der Waals surface area contributed by atoms with Gasteiger partial charge in [0.1, 0.15) is 71.3 Å². The molecule has 0 aromatic carbocycles. The van der Waals surface area contributed by atoms with Crippen LogP contribution in [0.3, 0.4) is 0 Å². The molecule has 45 heteroatoms. The van der Waals surface area contributed by atoms with Crippen LogP contribution in [0.15, 0.2) is 5.16 Å². The van der Waals surface area contributed by atoms with Crippen molar-refractivity contribution in [2.45, 2.75) is 32.0 Å². The molecule has 0 radical (unpaired) electrons. The highest BCUT2D eigenvalue weighted by atomic mass is 16.6. The number of aliphatic hydroxyl groups is 1. The number of unbranched alkanes of at least 4 members (excludes halogenated alkanes) is 1. The Hall–Kier alpha value is -5.85. The lowest BCUT2D eigenvalue weighted by Crippen LogP contribution is -2.35. The number of rotatable bonds is 94. The number of methoxy groups -OCH3 is 4. The van der Waals surface area contributed by atoms with Gasteiger partial charge in [-0.2, -0.15) is 0 Å². The van der Waals surface area contributed by atoms with Gasteiger partial charge in [0.25, 0.3) is 5.91 Å². The van der Waals surface area contributed by atoms with E-state index in [9.17, 15) is 38.4 Å². The highest BCUT2D eigenvalue weighted by molar-refractivity contribution is 6.25. The number of ether oxygens (including phenoxy) is 26. The summed E-state index contributed by atoms with van der Waals surface area (Å²) >= 11 is 0. The summed E-state index contributed by atoms with van der Waals surface area (Å²) in [6.07, 6.45) is 1.28. The highest BCUT2D eigenvalue weighted by Gasteiger charge is 2.16.